The highest BCUT2D eigenvalue weighted by Gasteiger charge is 2.01. The van der Waals surface area contributed by atoms with Gasteiger partial charge in [-0.25, -0.2) is 4.79 Å². The molecule has 0 aliphatic carbocycles. The Bertz CT molecular complexity index is 359. The van der Waals surface area contributed by atoms with E-state index in [4.69, 9.17) is 5.11 Å². The third-order valence-corrected chi connectivity index (χ3v) is 2.57. The maximum absolute atomic E-state index is 10.4. The van der Waals surface area contributed by atoms with E-state index in [-0.39, 0.29) is 0 Å². The molecule has 1 heterocycles. The fraction of sp³-hybridized carbons (Fsp3) is 0.375. The van der Waals surface area contributed by atoms with Crippen molar-refractivity contribution < 1.29 is 9.90 Å². The van der Waals surface area contributed by atoms with Crippen LogP contribution in [0.15, 0.2) is 23.1 Å². The fourth-order valence-corrected chi connectivity index (χ4v) is 1.57. The Kier molecular flexibility index (Phi) is 3.70. The van der Waals surface area contributed by atoms with Crippen LogP contribution in [0.3, 0.4) is 0 Å². The summed E-state index contributed by atoms with van der Waals surface area (Å²) in [6.45, 7) is 1.57. The minimum absolute atomic E-state index is 0.347. The Morgan fingerprint density at radius 2 is 2.50 bits per heavy atom. The van der Waals surface area contributed by atoms with Crippen LogP contribution in [0.25, 0.3) is 0 Å². The third kappa shape index (κ3) is 2.88. The summed E-state index contributed by atoms with van der Waals surface area (Å²) in [6.07, 6.45) is 3.26. The van der Waals surface area contributed by atoms with Crippen molar-refractivity contribution >= 4 is 17.7 Å². The predicted octanol–water partition coefficient (Wildman–Crippen LogP) is 0.938. The van der Waals surface area contributed by atoms with Crippen LogP contribution in [0.4, 0.5) is 0 Å². The van der Waals surface area contributed by atoms with Crippen molar-refractivity contribution in [2.45, 2.75) is 12.1 Å². The average molecular weight is 213 g/mol. The molecule has 0 saturated heterocycles. The molecule has 1 N–H and O–H groups in total. The molecule has 0 aliphatic heterocycles. The minimum Gasteiger partial charge on any atom is -0.478 e. The molecule has 1 aromatic rings. The first-order chi connectivity index (χ1) is 6.61. The standard InChI is InChI=1S/C8H11N3O2S/c1-6(7(12)13)3-4-14-8-10-9-5-11(8)2/h3,5H,4H2,1-2H3,(H,12,13). The largest absolute Gasteiger partial charge is 0.478 e. The lowest BCUT2D eigenvalue weighted by Crippen LogP contribution is -1.96. The first-order valence-corrected chi connectivity index (χ1v) is 4.96. The zero-order chi connectivity index (χ0) is 10.6. The van der Waals surface area contributed by atoms with Gasteiger partial charge in [-0.05, 0) is 6.92 Å². The molecule has 1 aromatic heterocycles. The molecule has 0 unspecified atom stereocenters. The van der Waals surface area contributed by atoms with E-state index in [0.717, 1.165) is 5.16 Å². The van der Waals surface area contributed by atoms with Crippen molar-refractivity contribution in [2.75, 3.05) is 5.75 Å². The summed E-state index contributed by atoms with van der Waals surface area (Å²) in [7, 11) is 1.84. The maximum atomic E-state index is 10.4. The van der Waals surface area contributed by atoms with E-state index in [1.807, 2.05) is 7.05 Å². The molecule has 14 heavy (non-hydrogen) atoms. The van der Waals surface area contributed by atoms with Gasteiger partial charge in [0.1, 0.15) is 6.33 Å². The zero-order valence-corrected chi connectivity index (χ0v) is 8.78. The molecule has 0 aromatic carbocycles. The number of carbonyl (C=O) groups is 1. The number of aryl methyl sites for hydroxylation is 1. The Morgan fingerprint density at radius 1 is 1.79 bits per heavy atom. The van der Waals surface area contributed by atoms with Gasteiger partial charge in [-0.15, -0.1) is 10.2 Å². The van der Waals surface area contributed by atoms with E-state index in [0.29, 0.717) is 11.3 Å². The number of nitrogens with zero attached hydrogens (tertiary/aromatic N) is 3. The predicted molar refractivity (Wildman–Crippen MR) is 53.1 cm³/mol. The summed E-state index contributed by atoms with van der Waals surface area (Å²) in [6, 6.07) is 0. The fourth-order valence-electron chi connectivity index (χ4n) is 0.732. The maximum Gasteiger partial charge on any atom is 0.330 e. The van der Waals surface area contributed by atoms with Gasteiger partial charge in [0.2, 0.25) is 0 Å². The van der Waals surface area contributed by atoms with Crippen LogP contribution >= 0.6 is 11.8 Å². The van der Waals surface area contributed by atoms with Gasteiger partial charge in [0, 0.05) is 18.4 Å². The Labute approximate surface area is 85.8 Å². The number of aliphatic carboxylic acids is 1. The Morgan fingerprint density at radius 3 is 3.00 bits per heavy atom. The van der Waals surface area contributed by atoms with E-state index in [1.54, 1.807) is 23.9 Å². The van der Waals surface area contributed by atoms with Crippen LogP contribution < -0.4 is 0 Å². The van der Waals surface area contributed by atoms with Gasteiger partial charge < -0.3 is 9.67 Å². The lowest BCUT2D eigenvalue weighted by molar-refractivity contribution is -0.132. The molecule has 0 spiro atoms. The van der Waals surface area contributed by atoms with Crippen LogP contribution in [0, 0.1) is 0 Å². The quantitative estimate of drug-likeness (QED) is 0.595. The first kappa shape index (κ1) is 10.8. The molecule has 0 fully saturated rings. The lowest BCUT2D eigenvalue weighted by atomic mass is 10.3. The summed E-state index contributed by atoms with van der Waals surface area (Å²) in [5, 5.41) is 16.9. The normalized spacial score (nSPS) is 11.7. The van der Waals surface area contributed by atoms with Gasteiger partial charge in [0.05, 0.1) is 0 Å². The van der Waals surface area contributed by atoms with Gasteiger partial charge in [0.15, 0.2) is 5.16 Å². The second-order valence-electron chi connectivity index (χ2n) is 2.73. The molecule has 0 aliphatic rings. The molecule has 76 valence electrons. The van der Waals surface area contributed by atoms with Gasteiger partial charge in [-0.1, -0.05) is 17.8 Å². The van der Waals surface area contributed by atoms with Crippen LogP contribution in [0.2, 0.25) is 0 Å². The number of hydrogen-bond donors (Lipinski definition) is 1. The van der Waals surface area contributed by atoms with E-state index in [9.17, 15) is 4.79 Å². The van der Waals surface area contributed by atoms with Crippen LogP contribution in [-0.2, 0) is 11.8 Å². The molecular formula is C8H11N3O2S. The van der Waals surface area contributed by atoms with Crippen molar-refractivity contribution in [3.05, 3.63) is 18.0 Å². The first-order valence-electron chi connectivity index (χ1n) is 3.98. The van der Waals surface area contributed by atoms with E-state index >= 15 is 0 Å². The topological polar surface area (TPSA) is 68.0 Å². The average Bonchev–Trinajstić information content (AvgIpc) is 2.51. The molecule has 1 rings (SSSR count). The highest BCUT2D eigenvalue weighted by Crippen LogP contribution is 2.13. The summed E-state index contributed by atoms with van der Waals surface area (Å²) in [5.74, 6) is -0.298. The molecule has 0 atom stereocenters. The second kappa shape index (κ2) is 4.80. The molecule has 0 saturated carbocycles. The second-order valence-corrected chi connectivity index (χ2v) is 3.71. The van der Waals surface area contributed by atoms with Gasteiger partial charge in [-0.3, -0.25) is 0 Å². The molecule has 0 bridgehead atoms. The summed E-state index contributed by atoms with van der Waals surface area (Å²) < 4.78 is 1.79. The van der Waals surface area contributed by atoms with Crippen molar-refractivity contribution in [1.82, 2.24) is 14.8 Å². The Balaban J connectivity index is 2.46. The zero-order valence-electron chi connectivity index (χ0n) is 7.97. The van der Waals surface area contributed by atoms with E-state index in [1.165, 1.54) is 11.8 Å². The summed E-state index contributed by atoms with van der Waals surface area (Å²) in [4.78, 5) is 10.4. The molecule has 6 heteroatoms. The molecule has 5 nitrogen and oxygen atoms in total. The van der Waals surface area contributed by atoms with Gasteiger partial charge >= 0.3 is 5.97 Å². The van der Waals surface area contributed by atoms with Crippen molar-refractivity contribution in [3.8, 4) is 0 Å². The van der Waals surface area contributed by atoms with Crippen molar-refractivity contribution in [2.24, 2.45) is 7.05 Å². The third-order valence-electron chi connectivity index (χ3n) is 1.61. The number of carboxylic acids is 1. The number of rotatable bonds is 4. The van der Waals surface area contributed by atoms with E-state index in [2.05, 4.69) is 10.2 Å². The smallest absolute Gasteiger partial charge is 0.330 e. The van der Waals surface area contributed by atoms with Crippen LogP contribution in [-0.4, -0.2) is 31.6 Å². The molecular weight excluding hydrogens is 202 g/mol. The Hall–Kier alpha value is -1.30. The monoisotopic (exact) mass is 213 g/mol. The number of aromatic nitrogens is 3. The summed E-state index contributed by atoms with van der Waals surface area (Å²) in [5.41, 5.74) is 0.347. The van der Waals surface area contributed by atoms with Gasteiger partial charge in [-0.2, -0.15) is 0 Å². The number of carboxylic acid groups (broad SMARTS) is 1. The highest BCUT2D eigenvalue weighted by atomic mass is 32.2. The molecule has 0 amide bonds. The molecule has 0 radical (unpaired) electrons. The lowest BCUT2D eigenvalue weighted by Gasteiger charge is -1.96. The van der Waals surface area contributed by atoms with Crippen LogP contribution in [0.1, 0.15) is 6.92 Å². The van der Waals surface area contributed by atoms with E-state index < -0.39 is 5.97 Å². The summed E-state index contributed by atoms with van der Waals surface area (Å²) >= 11 is 1.45. The van der Waals surface area contributed by atoms with Crippen molar-refractivity contribution in [1.29, 1.82) is 0 Å². The number of thioether (sulfide) groups is 1. The van der Waals surface area contributed by atoms with Gasteiger partial charge in [0.25, 0.3) is 0 Å². The highest BCUT2D eigenvalue weighted by molar-refractivity contribution is 7.99. The number of hydrogen-bond acceptors (Lipinski definition) is 4. The minimum atomic E-state index is -0.886. The van der Waals surface area contributed by atoms with Crippen molar-refractivity contribution in [3.63, 3.8) is 0 Å². The van der Waals surface area contributed by atoms with Crippen LogP contribution in [0.5, 0.6) is 0 Å². The SMILES string of the molecule is CC(=CCSc1nncn1C)C(=O)O.